The number of nitrogens with zero attached hydrogens (tertiary/aromatic N) is 2. The van der Waals surface area contributed by atoms with Crippen molar-refractivity contribution in [1.29, 1.82) is 0 Å². The van der Waals surface area contributed by atoms with E-state index in [9.17, 15) is 0 Å². The normalized spacial score (nSPS) is 12.6. The van der Waals surface area contributed by atoms with Crippen molar-refractivity contribution in [3.63, 3.8) is 0 Å². The van der Waals surface area contributed by atoms with Crippen LogP contribution >= 0.6 is 0 Å². The molecule has 0 saturated heterocycles. The van der Waals surface area contributed by atoms with Crippen LogP contribution in [0.4, 0.5) is 0 Å². The molecule has 0 spiro atoms. The van der Waals surface area contributed by atoms with E-state index in [4.69, 9.17) is 0 Å². The highest BCUT2D eigenvalue weighted by atomic mass is 15.0. The monoisotopic (exact) mass is 630 g/mol. The fraction of sp³-hybridized carbons (Fsp3) is 0.106. The van der Waals surface area contributed by atoms with Gasteiger partial charge in [0.15, 0.2) is 0 Å². The summed E-state index contributed by atoms with van der Waals surface area (Å²) < 4.78 is 4.95. The average molecular weight is 631 g/mol. The first-order valence-corrected chi connectivity index (χ1v) is 17.5. The van der Waals surface area contributed by atoms with Crippen LogP contribution in [0.25, 0.3) is 78.5 Å². The molecule has 0 atom stereocenters. The summed E-state index contributed by atoms with van der Waals surface area (Å²) in [6, 6.07) is 49.2. The van der Waals surface area contributed by atoms with Crippen LogP contribution in [0.15, 0.2) is 146 Å². The van der Waals surface area contributed by atoms with Crippen LogP contribution in [-0.2, 0) is 6.42 Å². The van der Waals surface area contributed by atoms with Crippen LogP contribution in [0.2, 0.25) is 0 Å². The highest BCUT2D eigenvalue weighted by molar-refractivity contribution is 6.20. The zero-order valence-electron chi connectivity index (χ0n) is 28.0. The number of aryl methyl sites for hydroxylation is 1. The lowest BCUT2D eigenvalue weighted by atomic mass is 9.89. The highest BCUT2D eigenvalue weighted by Crippen LogP contribution is 2.42. The molecular weight excluding hydrogens is 593 g/mol. The van der Waals surface area contributed by atoms with Gasteiger partial charge in [-0.15, -0.1) is 0 Å². The van der Waals surface area contributed by atoms with Gasteiger partial charge in [0, 0.05) is 33.1 Å². The van der Waals surface area contributed by atoms with Gasteiger partial charge in [-0.25, -0.2) is 0 Å². The van der Waals surface area contributed by atoms with E-state index in [0.717, 1.165) is 24.9 Å². The van der Waals surface area contributed by atoms with Crippen LogP contribution in [0, 0.1) is 6.92 Å². The maximum Gasteiger partial charge on any atom is 0.0788 e. The van der Waals surface area contributed by atoms with Gasteiger partial charge in [0.2, 0.25) is 0 Å². The first kappa shape index (κ1) is 29.3. The van der Waals surface area contributed by atoms with E-state index in [0.29, 0.717) is 0 Å². The molecule has 1 aliphatic carbocycles. The van der Waals surface area contributed by atoms with Crippen molar-refractivity contribution in [2.75, 3.05) is 0 Å². The Morgan fingerprint density at radius 1 is 0.531 bits per heavy atom. The van der Waals surface area contributed by atoms with Gasteiger partial charge in [0.1, 0.15) is 0 Å². The Bertz CT molecular complexity index is 2570. The minimum Gasteiger partial charge on any atom is -0.307 e. The van der Waals surface area contributed by atoms with E-state index in [1.165, 1.54) is 83.0 Å². The predicted molar refractivity (Wildman–Crippen MR) is 210 cm³/mol. The van der Waals surface area contributed by atoms with Crippen LogP contribution in [0.3, 0.4) is 0 Å². The molecule has 0 unspecified atom stereocenters. The van der Waals surface area contributed by atoms with E-state index in [1.54, 1.807) is 0 Å². The number of rotatable bonds is 6. The predicted octanol–water partition coefficient (Wildman–Crippen LogP) is 12.8. The Morgan fingerprint density at radius 3 is 2.06 bits per heavy atom. The summed E-state index contributed by atoms with van der Waals surface area (Å²) in [5.41, 5.74) is 16.4. The molecule has 0 bridgehead atoms. The first-order chi connectivity index (χ1) is 24.2. The van der Waals surface area contributed by atoms with Crippen LogP contribution in [0.1, 0.15) is 42.1 Å². The van der Waals surface area contributed by atoms with Gasteiger partial charge >= 0.3 is 0 Å². The largest absolute Gasteiger partial charge is 0.307 e. The second-order valence-corrected chi connectivity index (χ2v) is 13.2. The van der Waals surface area contributed by atoms with E-state index in [1.807, 2.05) is 0 Å². The second kappa shape index (κ2) is 12.0. The summed E-state index contributed by atoms with van der Waals surface area (Å²) in [5.74, 6) is 0. The Kier molecular flexibility index (Phi) is 7.16. The van der Waals surface area contributed by atoms with Crippen molar-refractivity contribution in [2.24, 2.45) is 0 Å². The fourth-order valence-electron chi connectivity index (χ4n) is 8.06. The SMILES string of the molecule is CCCc1ccccc1-c1cccc(-c2ccc(-n3c4ccccc4c4ccc5c6c(n(-c7ccccc7)c5c43)C=CCC=C6)cc2)c1C. The minimum atomic E-state index is 0.938. The lowest BCUT2D eigenvalue weighted by Crippen LogP contribution is -2.00. The number of allylic oxidation sites excluding steroid dienone is 2. The smallest absolute Gasteiger partial charge is 0.0788 e. The van der Waals surface area contributed by atoms with Crippen LogP contribution in [-0.4, -0.2) is 9.13 Å². The second-order valence-electron chi connectivity index (χ2n) is 13.2. The van der Waals surface area contributed by atoms with Crippen molar-refractivity contribution >= 4 is 44.9 Å². The third-order valence-corrected chi connectivity index (χ3v) is 10.3. The van der Waals surface area contributed by atoms with Gasteiger partial charge in [-0.2, -0.15) is 0 Å². The van der Waals surface area contributed by atoms with E-state index >= 15 is 0 Å². The molecule has 2 nitrogen and oxygen atoms in total. The molecule has 9 rings (SSSR count). The number of aromatic nitrogens is 2. The number of benzene rings is 6. The molecule has 2 heterocycles. The molecule has 6 aromatic carbocycles. The van der Waals surface area contributed by atoms with Gasteiger partial charge in [-0.1, -0.05) is 135 Å². The Balaban J connectivity index is 1.27. The zero-order chi connectivity index (χ0) is 32.9. The molecule has 0 radical (unpaired) electrons. The molecule has 2 aromatic heterocycles. The first-order valence-electron chi connectivity index (χ1n) is 17.5. The van der Waals surface area contributed by atoms with Crippen molar-refractivity contribution in [2.45, 2.75) is 33.1 Å². The Labute approximate surface area is 287 Å². The van der Waals surface area contributed by atoms with Gasteiger partial charge in [-0.3, -0.25) is 0 Å². The van der Waals surface area contributed by atoms with Crippen molar-refractivity contribution in [1.82, 2.24) is 9.13 Å². The number of hydrogen-bond acceptors (Lipinski definition) is 0. The standard InChI is InChI=1S/C47H38N2/c1-3-15-33-16-10-11-19-39(33)38-23-14-22-37(32(38)2)34-26-28-36(29-27-34)49-45-25-13-12-21-41(45)43-31-30-42-40-20-8-5-9-24-44(40)48(46(42)47(43)49)35-17-6-4-7-18-35/h4,6-14,16-31H,3,5,15H2,1-2H3. The van der Waals surface area contributed by atoms with Gasteiger partial charge in [0.25, 0.3) is 0 Å². The van der Waals surface area contributed by atoms with E-state index in [2.05, 4.69) is 181 Å². The summed E-state index contributed by atoms with van der Waals surface area (Å²) in [4.78, 5) is 0. The number of para-hydroxylation sites is 2. The fourth-order valence-corrected chi connectivity index (χ4v) is 8.06. The quantitative estimate of drug-likeness (QED) is 0.173. The summed E-state index contributed by atoms with van der Waals surface area (Å²) in [7, 11) is 0. The summed E-state index contributed by atoms with van der Waals surface area (Å²) >= 11 is 0. The number of fused-ring (bicyclic) bond motifs is 7. The topological polar surface area (TPSA) is 9.86 Å². The Morgan fingerprint density at radius 2 is 1.20 bits per heavy atom. The van der Waals surface area contributed by atoms with Crippen LogP contribution < -0.4 is 0 Å². The molecule has 236 valence electrons. The lowest BCUT2D eigenvalue weighted by molar-refractivity contribution is 0.923. The summed E-state index contributed by atoms with van der Waals surface area (Å²) in [5, 5.41) is 3.80. The molecule has 0 fully saturated rings. The maximum atomic E-state index is 2.48. The molecule has 0 N–H and O–H groups in total. The van der Waals surface area contributed by atoms with Crippen molar-refractivity contribution in [3.8, 4) is 33.6 Å². The molecule has 1 aliphatic rings. The maximum absolute atomic E-state index is 2.48. The molecular formula is C47H38N2. The van der Waals surface area contributed by atoms with Gasteiger partial charge in [-0.05, 0) is 89.6 Å². The highest BCUT2D eigenvalue weighted by Gasteiger charge is 2.23. The molecule has 0 amide bonds. The van der Waals surface area contributed by atoms with Crippen molar-refractivity contribution in [3.05, 3.63) is 168 Å². The molecule has 2 heteroatoms. The average Bonchev–Trinajstić information content (AvgIpc) is 3.53. The minimum absolute atomic E-state index is 0.938. The lowest BCUT2D eigenvalue weighted by Gasteiger charge is -2.16. The number of hydrogen-bond donors (Lipinski definition) is 0. The molecule has 0 saturated carbocycles. The Hall–Kier alpha value is -5.86. The van der Waals surface area contributed by atoms with Gasteiger partial charge < -0.3 is 9.13 Å². The van der Waals surface area contributed by atoms with Gasteiger partial charge in [0.05, 0.1) is 22.2 Å². The van der Waals surface area contributed by atoms with Crippen LogP contribution in [0.5, 0.6) is 0 Å². The zero-order valence-corrected chi connectivity index (χ0v) is 28.0. The molecule has 49 heavy (non-hydrogen) atoms. The molecule has 8 aromatic rings. The third kappa shape index (κ3) is 4.70. The van der Waals surface area contributed by atoms with E-state index in [-0.39, 0.29) is 0 Å². The van der Waals surface area contributed by atoms with E-state index < -0.39 is 0 Å². The van der Waals surface area contributed by atoms with Crippen molar-refractivity contribution < 1.29 is 0 Å². The molecule has 0 aliphatic heterocycles. The summed E-state index contributed by atoms with van der Waals surface area (Å²) in [6.07, 6.45) is 12.3. The third-order valence-electron chi connectivity index (χ3n) is 10.3. The summed E-state index contributed by atoms with van der Waals surface area (Å²) in [6.45, 7) is 4.53.